The number of piperazine rings is 1. The molecule has 6 nitrogen and oxygen atoms in total. The van der Waals surface area contributed by atoms with Crippen LogP contribution in [0, 0.1) is 19.8 Å². The number of amides is 2. The molecule has 3 rings (SSSR count). The highest BCUT2D eigenvalue weighted by Crippen LogP contribution is 2.28. The SMILES string of the molecule is COc1ccc(CN2CCNC(=O)C2CC(=O)NCC2CC2)c(C)c1C. The molecule has 0 radical (unpaired) electrons. The number of rotatable bonds is 7. The van der Waals surface area contributed by atoms with E-state index in [1.165, 1.54) is 24.0 Å². The van der Waals surface area contributed by atoms with E-state index in [0.717, 1.165) is 24.4 Å². The van der Waals surface area contributed by atoms with Crippen molar-refractivity contribution in [1.29, 1.82) is 0 Å². The Morgan fingerprint density at radius 2 is 2.08 bits per heavy atom. The van der Waals surface area contributed by atoms with E-state index in [1.54, 1.807) is 7.11 Å². The molecule has 6 heteroatoms. The Hall–Kier alpha value is -2.08. The maximum absolute atomic E-state index is 12.4. The van der Waals surface area contributed by atoms with Crippen molar-refractivity contribution in [3.8, 4) is 5.75 Å². The molecule has 0 spiro atoms. The Bertz CT molecular complexity index is 685. The molecule has 0 aromatic heterocycles. The third-order valence-corrected chi connectivity index (χ3v) is 5.55. The molecule has 1 atom stereocenters. The van der Waals surface area contributed by atoms with Crippen molar-refractivity contribution < 1.29 is 14.3 Å². The number of carbonyl (C=O) groups is 2. The van der Waals surface area contributed by atoms with Gasteiger partial charge in [0.2, 0.25) is 11.8 Å². The van der Waals surface area contributed by atoms with E-state index in [0.29, 0.717) is 19.0 Å². The highest BCUT2D eigenvalue weighted by molar-refractivity contribution is 5.88. The second kappa shape index (κ2) is 8.08. The Kier molecular flexibility index (Phi) is 5.81. The van der Waals surface area contributed by atoms with E-state index in [-0.39, 0.29) is 18.2 Å². The van der Waals surface area contributed by atoms with Crippen molar-refractivity contribution in [2.75, 3.05) is 26.7 Å². The van der Waals surface area contributed by atoms with Gasteiger partial charge in [0.05, 0.1) is 19.6 Å². The Labute approximate surface area is 155 Å². The summed E-state index contributed by atoms with van der Waals surface area (Å²) < 4.78 is 5.38. The average molecular weight is 359 g/mol. The summed E-state index contributed by atoms with van der Waals surface area (Å²) in [6.07, 6.45) is 2.62. The molecule has 2 N–H and O–H groups in total. The first-order valence-electron chi connectivity index (χ1n) is 9.41. The summed E-state index contributed by atoms with van der Waals surface area (Å²) in [5, 5.41) is 5.86. The van der Waals surface area contributed by atoms with E-state index >= 15 is 0 Å². The van der Waals surface area contributed by atoms with Gasteiger partial charge in [0.25, 0.3) is 0 Å². The van der Waals surface area contributed by atoms with E-state index in [2.05, 4.69) is 28.5 Å². The van der Waals surface area contributed by atoms with Crippen molar-refractivity contribution in [1.82, 2.24) is 15.5 Å². The zero-order chi connectivity index (χ0) is 18.7. The summed E-state index contributed by atoms with van der Waals surface area (Å²) in [7, 11) is 1.67. The van der Waals surface area contributed by atoms with Crippen LogP contribution >= 0.6 is 0 Å². The number of nitrogens with zero attached hydrogens (tertiary/aromatic N) is 1. The molecule has 1 saturated heterocycles. The van der Waals surface area contributed by atoms with Crippen LogP contribution in [0.1, 0.15) is 36.0 Å². The van der Waals surface area contributed by atoms with E-state index in [1.807, 2.05) is 13.0 Å². The van der Waals surface area contributed by atoms with Gasteiger partial charge in [0.15, 0.2) is 0 Å². The van der Waals surface area contributed by atoms with Gasteiger partial charge < -0.3 is 15.4 Å². The number of benzene rings is 1. The zero-order valence-corrected chi connectivity index (χ0v) is 15.9. The largest absolute Gasteiger partial charge is 0.496 e. The maximum Gasteiger partial charge on any atom is 0.237 e. The van der Waals surface area contributed by atoms with Gasteiger partial charge in [-0.25, -0.2) is 0 Å². The molecule has 1 unspecified atom stereocenters. The van der Waals surface area contributed by atoms with Gasteiger partial charge in [-0.15, -0.1) is 0 Å². The van der Waals surface area contributed by atoms with Crippen molar-refractivity contribution in [2.24, 2.45) is 5.92 Å². The molecule has 2 aliphatic rings. The lowest BCUT2D eigenvalue weighted by molar-refractivity contribution is -0.134. The summed E-state index contributed by atoms with van der Waals surface area (Å²) in [6.45, 7) is 6.89. The quantitative estimate of drug-likeness (QED) is 0.775. The molecule has 0 bridgehead atoms. The van der Waals surface area contributed by atoms with Crippen LogP contribution in [0.4, 0.5) is 0 Å². The minimum absolute atomic E-state index is 0.0356. The lowest BCUT2D eigenvalue weighted by Crippen LogP contribution is -2.56. The lowest BCUT2D eigenvalue weighted by atomic mass is 10.00. The van der Waals surface area contributed by atoms with Crippen molar-refractivity contribution >= 4 is 11.8 Å². The normalized spacial score (nSPS) is 20.6. The fourth-order valence-electron chi connectivity index (χ4n) is 3.46. The summed E-state index contributed by atoms with van der Waals surface area (Å²) >= 11 is 0. The number of hydrogen-bond acceptors (Lipinski definition) is 4. The third-order valence-electron chi connectivity index (χ3n) is 5.55. The van der Waals surface area contributed by atoms with E-state index in [4.69, 9.17) is 4.74 Å². The highest BCUT2D eigenvalue weighted by atomic mass is 16.5. The summed E-state index contributed by atoms with van der Waals surface area (Å²) in [5.74, 6) is 1.42. The first-order valence-corrected chi connectivity index (χ1v) is 9.41. The van der Waals surface area contributed by atoms with Gasteiger partial charge in [0, 0.05) is 26.2 Å². The van der Waals surface area contributed by atoms with Gasteiger partial charge in [-0.2, -0.15) is 0 Å². The molecule has 1 aromatic rings. The van der Waals surface area contributed by atoms with Crippen molar-refractivity contribution in [3.05, 3.63) is 28.8 Å². The van der Waals surface area contributed by atoms with Crippen LogP contribution in [0.25, 0.3) is 0 Å². The van der Waals surface area contributed by atoms with E-state index in [9.17, 15) is 9.59 Å². The number of methoxy groups -OCH3 is 1. The van der Waals surface area contributed by atoms with E-state index < -0.39 is 6.04 Å². The molecule has 1 aliphatic carbocycles. The third kappa shape index (κ3) is 4.36. The molecule has 2 amide bonds. The molecular formula is C20H29N3O3. The summed E-state index contributed by atoms with van der Waals surface area (Å²) in [5.41, 5.74) is 3.46. The maximum atomic E-state index is 12.4. The second-order valence-electron chi connectivity index (χ2n) is 7.41. The van der Waals surface area contributed by atoms with Crippen LogP contribution in [0.2, 0.25) is 0 Å². The monoisotopic (exact) mass is 359 g/mol. The molecular weight excluding hydrogens is 330 g/mol. The topological polar surface area (TPSA) is 70.7 Å². The molecule has 1 heterocycles. The van der Waals surface area contributed by atoms with Gasteiger partial charge >= 0.3 is 0 Å². The number of carbonyl (C=O) groups excluding carboxylic acids is 2. The van der Waals surface area contributed by atoms with Crippen molar-refractivity contribution in [2.45, 2.75) is 45.7 Å². The number of ether oxygens (including phenoxy) is 1. The van der Waals surface area contributed by atoms with Gasteiger partial charge in [0.1, 0.15) is 5.75 Å². The first kappa shape index (κ1) is 18.7. The number of nitrogens with one attached hydrogen (secondary N) is 2. The number of hydrogen-bond donors (Lipinski definition) is 2. The Balaban J connectivity index is 1.68. The van der Waals surface area contributed by atoms with Crippen LogP contribution < -0.4 is 15.4 Å². The van der Waals surface area contributed by atoms with Gasteiger partial charge in [-0.05, 0) is 55.4 Å². The average Bonchev–Trinajstić information content (AvgIpc) is 3.45. The molecule has 26 heavy (non-hydrogen) atoms. The standard InChI is InChI=1S/C20H29N3O3/c1-13-14(2)18(26-3)7-6-16(13)12-23-9-8-21-20(25)17(23)10-19(24)22-11-15-4-5-15/h6-7,15,17H,4-5,8-12H2,1-3H3,(H,21,25)(H,22,24). The second-order valence-corrected chi connectivity index (χ2v) is 7.41. The molecule has 1 aliphatic heterocycles. The Morgan fingerprint density at radius 3 is 2.77 bits per heavy atom. The zero-order valence-electron chi connectivity index (χ0n) is 15.9. The predicted molar refractivity (Wildman–Crippen MR) is 100 cm³/mol. The van der Waals surface area contributed by atoms with Crippen LogP contribution in [-0.4, -0.2) is 49.5 Å². The predicted octanol–water partition coefficient (Wildman–Crippen LogP) is 1.53. The molecule has 142 valence electrons. The molecule has 2 fully saturated rings. The summed E-state index contributed by atoms with van der Waals surface area (Å²) in [6, 6.07) is 3.61. The highest BCUT2D eigenvalue weighted by Gasteiger charge is 2.32. The first-order chi connectivity index (χ1) is 12.5. The Morgan fingerprint density at radius 1 is 1.31 bits per heavy atom. The lowest BCUT2D eigenvalue weighted by Gasteiger charge is -2.35. The van der Waals surface area contributed by atoms with Crippen LogP contribution in [0.15, 0.2) is 12.1 Å². The van der Waals surface area contributed by atoms with Crippen LogP contribution in [-0.2, 0) is 16.1 Å². The summed E-state index contributed by atoms with van der Waals surface area (Å²) in [4.78, 5) is 26.8. The minimum Gasteiger partial charge on any atom is -0.496 e. The fourth-order valence-corrected chi connectivity index (χ4v) is 3.46. The van der Waals surface area contributed by atoms with Crippen LogP contribution in [0.3, 0.4) is 0 Å². The minimum atomic E-state index is -0.412. The van der Waals surface area contributed by atoms with Gasteiger partial charge in [-0.1, -0.05) is 6.07 Å². The molecule has 1 saturated carbocycles. The smallest absolute Gasteiger partial charge is 0.237 e. The molecule has 1 aromatic carbocycles. The van der Waals surface area contributed by atoms with Gasteiger partial charge in [-0.3, -0.25) is 14.5 Å². The van der Waals surface area contributed by atoms with Crippen LogP contribution in [0.5, 0.6) is 5.75 Å². The van der Waals surface area contributed by atoms with Crippen molar-refractivity contribution in [3.63, 3.8) is 0 Å². The fraction of sp³-hybridized carbons (Fsp3) is 0.600.